The molecule has 120 valence electrons. The monoisotopic (exact) mass is 353 g/mol. The third-order valence-corrected chi connectivity index (χ3v) is 5.19. The minimum atomic E-state index is -0.213. The second-order valence-corrected chi connectivity index (χ2v) is 7.43. The molecule has 0 saturated heterocycles. The van der Waals surface area contributed by atoms with E-state index in [1.54, 1.807) is 41.6 Å². The van der Waals surface area contributed by atoms with Gasteiger partial charge in [-0.3, -0.25) is 4.79 Å². The molecule has 2 heterocycles. The summed E-state index contributed by atoms with van der Waals surface area (Å²) in [4.78, 5) is 17.3. The van der Waals surface area contributed by atoms with E-state index in [0.717, 1.165) is 19.7 Å². The molecule has 0 atom stereocenters. The van der Waals surface area contributed by atoms with Crippen LogP contribution in [0.25, 0.3) is 0 Å². The summed E-state index contributed by atoms with van der Waals surface area (Å²) in [7, 11) is 0. The first-order valence-corrected chi connectivity index (χ1v) is 8.93. The quantitative estimate of drug-likeness (QED) is 0.547. The van der Waals surface area contributed by atoms with Crippen molar-refractivity contribution < 1.29 is 4.79 Å². The molecule has 1 N–H and O–H groups in total. The van der Waals surface area contributed by atoms with Crippen molar-refractivity contribution in [3.63, 3.8) is 0 Å². The number of hydrogen-bond acceptors (Lipinski definition) is 5. The highest BCUT2D eigenvalue weighted by atomic mass is 32.2. The molecule has 24 heavy (non-hydrogen) atoms. The Morgan fingerprint density at radius 1 is 1.21 bits per heavy atom. The van der Waals surface area contributed by atoms with Gasteiger partial charge in [0.25, 0.3) is 5.91 Å². The van der Waals surface area contributed by atoms with Crippen LogP contribution in [-0.2, 0) is 0 Å². The Kier molecular flexibility index (Phi) is 5.40. The Morgan fingerprint density at radius 2 is 2.12 bits per heavy atom. The number of hydrogen-bond donors (Lipinski definition) is 1. The minimum absolute atomic E-state index is 0.213. The van der Waals surface area contributed by atoms with Crippen molar-refractivity contribution in [3.8, 4) is 0 Å². The van der Waals surface area contributed by atoms with Crippen LogP contribution in [0.4, 0.5) is 0 Å². The van der Waals surface area contributed by atoms with Gasteiger partial charge in [-0.05, 0) is 43.3 Å². The van der Waals surface area contributed by atoms with E-state index < -0.39 is 0 Å². The number of amides is 1. The summed E-state index contributed by atoms with van der Waals surface area (Å²) >= 11 is 3.21. The average Bonchev–Trinajstić information content (AvgIpc) is 3.03. The highest BCUT2D eigenvalue weighted by molar-refractivity contribution is 8.01. The highest BCUT2D eigenvalue weighted by Crippen LogP contribution is 2.31. The Labute approximate surface area is 148 Å². The molecule has 0 fully saturated rings. The van der Waals surface area contributed by atoms with E-state index in [-0.39, 0.29) is 5.91 Å². The van der Waals surface area contributed by atoms with Crippen LogP contribution in [0, 0.1) is 6.92 Å². The number of carbonyl (C=O) groups excluding carboxylic acids is 1. The maximum atomic E-state index is 12.0. The number of thiophene rings is 1. The highest BCUT2D eigenvalue weighted by Gasteiger charge is 2.04. The van der Waals surface area contributed by atoms with Gasteiger partial charge in [0.15, 0.2) is 0 Å². The molecule has 0 spiro atoms. The van der Waals surface area contributed by atoms with Crippen molar-refractivity contribution >= 4 is 35.2 Å². The Balaban J connectivity index is 1.58. The average molecular weight is 353 g/mol. The maximum Gasteiger partial charge on any atom is 0.271 e. The molecule has 6 heteroatoms. The van der Waals surface area contributed by atoms with Gasteiger partial charge in [-0.2, -0.15) is 5.10 Å². The number of nitrogens with zero attached hydrogens (tertiary/aromatic N) is 2. The maximum absolute atomic E-state index is 12.0. The van der Waals surface area contributed by atoms with Crippen molar-refractivity contribution in [1.82, 2.24) is 10.4 Å². The number of carbonyl (C=O) groups is 1. The van der Waals surface area contributed by atoms with Crippen LogP contribution in [0.15, 0.2) is 75.1 Å². The molecule has 2 aromatic heterocycles. The molecule has 0 unspecified atom stereocenters. The smallest absolute Gasteiger partial charge is 0.267 e. The summed E-state index contributed by atoms with van der Waals surface area (Å²) in [6.07, 6.45) is 3.43. The molecule has 0 aliphatic rings. The molecule has 1 amide bonds. The van der Waals surface area contributed by atoms with Gasteiger partial charge in [0.2, 0.25) is 0 Å². The topological polar surface area (TPSA) is 54.4 Å². The van der Waals surface area contributed by atoms with Crippen LogP contribution < -0.4 is 5.43 Å². The molecule has 3 aromatic rings. The van der Waals surface area contributed by atoms with E-state index in [9.17, 15) is 4.79 Å². The number of hydrazone groups is 1. The second-order valence-electron chi connectivity index (χ2n) is 5.00. The van der Waals surface area contributed by atoms with Gasteiger partial charge in [0.05, 0.1) is 10.4 Å². The van der Waals surface area contributed by atoms with Gasteiger partial charge in [0.1, 0.15) is 5.03 Å². The van der Waals surface area contributed by atoms with Gasteiger partial charge < -0.3 is 0 Å². The lowest BCUT2D eigenvalue weighted by Crippen LogP contribution is -2.17. The van der Waals surface area contributed by atoms with Crippen molar-refractivity contribution in [3.05, 3.63) is 76.8 Å². The fourth-order valence-electron chi connectivity index (χ4n) is 1.97. The number of rotatable bonds is 5. The minimum Gasteiger partial charge on any atom is -0.267 e. The third-order valence-electron chi connectivity index (χ3n) is 3.08. The van der Waals surface area contributed by atoms with E-state index >= 15 is 0 Å². The first-order valence-electron chi connectivity index (χ1n) is 7.29. The Morgan fingerprint density at radius 3 is 2.92 bits per heavy atom. The second kappa shape index (κ2) is 7.90. The van der Waals surface area contributed by atoms with E-state index in [1.165, 1.54) is 0 Å². The first-order chi connectivity index (χ1) is 11.7. The van der Waals surface area contributed by atoms with Crippen molar-refractivity contribution in [1.29, 1.82) is 0 Å². The molecule has 0 saturated carbocycles. The van der Waals surface area contributed by atoms with Crippen molar-refractivity contribution in [2.45, 2.75) is 16.2 Å². The number of pyridine rings is 1. The van der Waals surface area contributed by atoms with Crippen LogP contribution in [-0.4, -0.2) is 17.1 Å². The SMILES string of the molecule is Cc1cccc(C(=O)N/N=C/c2ccc(Sc3ccccn3)s2)c1. The van der Waals surface area contributed by atoms with E-state index in [2.05, 4.69) is 15.5 Å². The zero-order chi connectivity index (χ0) is 16.8. The van der Waals surface area contributed by atoms with Gasteiger partial charge in [-0.25, -0.2) is 10.4 Å². The van der Waals surface area contributed by atoms with Gasteiger partial charge in [-0.1, -0.05) is 35.5 Å². The molecule has 0 aliphatic heterocycles. The summed E-state index contributed by atoms with van der Waals surface area (Å²) in [6, 6.07) is 17.2. The van der Waals surface area contributed by atoms with E-state index in [4.69, 9.17) is 0 Å². The largest absolute Gasteiger partial charge is 0.271 e. The van der Waals surface area contributed by atoms with Gasteiger partial charge >= 0.3 is 0 Å². The molecular formula is C18H15N3OS2. The Hall–Kier alpha value is -2.44. The van der Waals surface area contributed by atoms with Crippen LogP contribution >= 0.6 is 23.1 Å². The molecule has 3 rings (SSSR count). The lowest BCUT2D eigenvalue weighted by molar-refractivity contribution is 0.0955. The number of aromatic nitrogens is 1. The van der Waals surface area contributed by atoms with Gasteiger partial charge in [0, 0.05) is 16.6 Å². The third kappa shape index (κ3) is 4.53. The zero-order valence-electron chi connectivity index (χ0n) is 13.0. The number of benzene rings is 1. The van der Waals surface area contributed by atoms with Crippen molar-refractivity contribution in [2.24, 2.45) is 5.10 Å². The van der Waals surface area contributed by atoms with E-state index in [1.807, 2.05) is 55.5 Å². The van der Waals surface area contributed by atoms with Gasteiger partial charge in [-0.15, -0.1) is 11.3 Å². The number of nitrogens with one attached hydrogen (secondary N) is 1. The fourth-order valence-corrected chi connectivity index (χ4v) is 3.90. The first kappa shape index (κ1) is 16.4. The summed E-state index contributed by atoms with van der Waals surface area (Å²) < 4.78 is 1.13. The molecule has 1 aromatic carbocycles. The summed E-state index contributed by atoms with van der Waals surface area (Å²) in [5.74, 6) is -0.213. The summed E-state index contributed by atoms with van der Waals surface area (Å²) in [6.45, 7) is 1.95. The molecule has 4 nitrogen and oxygen atoms in total. The predicted molar refractivity (Wildman–Crippen MR) is 98.9 cm³/mol. The summed E-state index contributed by atoms with van der Waals surface area (Å²) in [5.41, 5.74) is 4.20. The molecule has 0 aliphatic carbocycles. The van der Waals surface area contributed by atoms with E-state index in [0.29, 0.717) is 5.56 Å². The standard InChI is InChI=1S/C18H15N3OS2/c1-13-5-4-6-14(11-13)18(22)21-20-12-15-8-9-17(23-15)24-16-7-2-3-10-19-16/h2-12H,1H3,(H,21,22)/b20-12+. The Bertz CT molecular complexity index is 859. The van der Waals surface area contributed by atoms with Crippen LogP contribution in [0.5, 0.6) is 0 Å². The van der Waals surface area contributed by atoms with Crippen LogP contribution in [0.2, 0.25) is 0 Å². The van der Waals surface area contributed by atoms with Crippen LogP contribution in [0.1, 0.15) is 20.8 Å². The summed E-state index contributed by atoms with van der Waals surface area (Å²) in [5, 5.41) is 4.98. The molecular weight excluding hydrogens is 338 g/mol. The normalized spacial score (nSPS) is 10.9. The van der Waals surface area contributed by atoms with Crippen molar-refractivity contribution in [2.75, 3.05) is 0 Å². The number of aryl methyl sites for hydroxylation is 1. The lowest BCUT2D eigenvalue weighted by atomic mass is 10.1. The van der Waals surface area contributed by atoms with Crippen LogP contribution in [0.3, 0.4) is 0 Å². The fraction of sp³-hybridized carbons (Fsp3) is 0.0556. The molecule has 0 radical (unpaired) electrons. The molecule has 0 bridgehead atoms. The predicted octanol–water partition coefficient (Wildman–Crippen LogP) is 4.37. The zero-order valence-corrected chi connectivity index (χ0v) is 14.6. The lowest BCUT2D eigenvalue weighted by Gasteiger charge is -2.00.